The van der Waals surface area contributed by atoms with Crippen LogP contribution in [0.4, 0.5) is 0 Å². The zero-order valence-corrected chi connectivity index (χ0v) is 29.8. The van der Waals surface area contributed by atoms with Crippen LogP contribution in [0.5, 0.6) is 0 Å². The van der Waals surface area contributed by atoms with E-state index in [1.165, 1.54) is 6.92 Å². The molecule has 5 aliphatic rings. The van der Waals surface area contributed by atoms with Crippen LogP contribution in [-0.2, 0) is 33.3 Å². The molecule has 10 nitrogen and oxygen atoms in total. The third-order valence-electron chi connectivity index (χ3n) is 14.2. The molecule has 47 heavy (non-hydrogen) atoms. The van der Waals surface area contributed by atoms with E-state index in [2.05, 4.69) is 34.6 Å². The lowest BCUT2D eigenvalue weighted by atomic mass is 9.41. The second-order valence-corrected chi connectivity index (χ2v) is 17.5. The highest BCUT2D eigenvalue weighted by atomic mass is 16.7. The van der Waals surface area contributed by atoms with Gasteiger partial charge in [-0.3, -0.25) is 14.4 Å². The summed E-state index contributed by atoms with van der Waals surface area (Å²) in [6, 6.07) is 0. The summed E-state index contributed by atoms with van der Waals surface area (Å²) >= 11 is 0. The van der Waals surface area contributed by atoms with E-state index in [1.54, 1.807) is 13.8 Å². The summed E-state index contributed by atoms with van der Waals surface area (Å²) in [4.78, 5) is 35.5. The van der Waals surface area contributed by atoms with Gasteiger partial charge < -0.3 is 34.3 Å². The molecule has 0 radical (unpaired) electrons. The first kappa shape index (κ1) is 36.8. The maximum Gasteiger partial charge on any atom is 0.303 e. The molecule has 268 valence electrons. The van der Waals surface area contributed by atoms with Gasteiger partial charge >= 0.3 is 5.97 Å². The minimum Gasteiger partial charge on any atom is -0.457 e. The largest absolute Gasteiger partial charge is 0.457 e. The summed E-state index contributed by atoms with van der Waals surface area (Å²) in [5, 5.41) is 32.5. The molecule has 0 aromatic rings. The molecule has 4 aliphatic carbocycles. The van der Waals surface area contributed by atoms with Crippen LogP contribution in [0, 0.1) is 45.3 Å². The van der Waals surface area contributed by atoms with Crippen LogP contribution in [-0.4, -0.2) is 89.0 Å². The number of aliphatic hydroxyl groups excluding tert-OH is 2. The fraction of sp³-hybridized carbons (Fsp3) is 0.919. The van der Waals surface area contributed by atoms with Crippen molar-refractivity contribution in [3.05, 3.63) is 0 Å². The highest BCUT2D eigenvalue weighted by molar-refractivity contribution is 5.80. The van der Waals surface area contributed by atoms with E-state index in [-0.39, 0.29) is 46.2 Å². The number of ketones is 1. The number of hydrogen-bond acceptors (Lipinski definition) is 10. The maximum absolute atomic E-state index is 12.4. The first-order valence-electron chi connectivity index (χ1n) is 17.9. The molecular weight excluding hydrogens is 604 g/mol. The highest BCUT2D eigenvalue weighted by Crippen LogP contribution is 2.73. The number of esters is 1. The number of ether oxygens (including phenoxy) is 4. The monoisotopic (exact) mass is 664 g/mol. The zero-order valence-electron chi connectivity index (χ0n) is 29.8. The van der Waals surface area contributed by atoms with Crippen LogP contribution in [0.2, 0.25) is 0 Å². The van der Waals surface area contributed by atoms with Crippen molar-refractivity contribution in [3.63, 3.8) is 0 Å². The molecular formula is C37H60O10. The Kier molecular flexibility index (Phi) is 10.2. The second-order valence-electron chi connectivity index (χ2n) is 17.5. The molecule has 5 rings (SSSR count). The first-order valence-corrected chi connectivity index (χ1v) is 17.9. The Morgan fingerprint density at radius 1 is 1.09 bits per heavy atom. The van der Waals surface area contributed by atoms with Gasteiger partial charge in [-0.25, -0.2) is 0 Å². The van der Waals surface area contributed by atoms with Crippen molar-refractivity contribution in [2.45, 2.75) is 156 Å². The molecule has 0 aromatic carbocycles. The van der Waals surface area contributed by atoms with Gasteiger partial charge in [0.15, 0.2) is 18.2 Å². The number of aliphatic hydroxyl groups is 3. The quantitative estimate of drug-likeness (QED) is 0.175. The summed E-state index contributed by atoms with van der Waals surface area (Å²) in [6.07, 6.45) is 5.28. The van der Waals surface area contributed by atoms with Crippen LogP contribution < -0.4 is 0 Å². The van der Waals surface area contributed by atoms with Gasteiger partial charge in [0.05, 0.1) is 30.0 Å². The average molecular weight is 665 g/mol. The van der Waals surface area contributed by atoms with E-state index in [0.29, 0.717) is 24.5 Å². The minimum absolute atomic E-state index is 0.0881. The predicted octanol–water partition coefficient (Wildman–Crippen LogP) is 4.38. The first-order chi connectivity index (χ1) is 21.9. The molecule has 1 spiro atoms. The van der Waals surface area contributed by atoms with Crippen molar-refractivity contribution in [1.29, 1.82) is 0 Å². The molecule has 10 heteroatoms. The molecule has 5 fully saturated rings. The molecule has 0 aromatic heterocycles. The van der Waals surface area contributed by atoms with Crippen molar-refractivity contribution >= 4 is 18.0 Å². The van der Waals surface area contributed by atoms with Gasteiger partial charge in [-0.1, -0.05) is 41.0 Å². The molecule has 2 bridgehead atoms. The number of fused-ring (bicyclic) bond motifs is 5. The van der Waals surface area contributed by atoms with Gasteiger partial charge in [0.1, 0.15) is 13.2 Å². The van der Waals surface area contributed by atoms with Gasteiger partial charge in [-0.15, -0.1) is 0 Å². The van der Waals surface area contributed by atoms with Gasteiger partial charge in [-0.2, -0.15) is 0 Å². The van der Waals surface area contributed by atoms with Gasteiger partial charge in [0.25, 0.3) is 0 Å². The Morgan fingerprint density at radius 2 is 1.79 bits per heavy atom. The average Bonchev–Trinajstić information content (AvgIpc) is 3.16. The zero-order chi connectivity index (χ0) is 34.7. The van der Waals surface area contributed by atoms with Gasteiger partial charge in [0, 0.05) is 12.3 Å². The molecule has 13 atom stereocenters. The smallest absolute Gasteiger partial charge is 0.303 e. The van der Waals surface area contributed by atoms with Crippen molar-refractivity contribution in [3.8, 4) is 0 Å². The molecule has 0 amide bonds. The number of rotatable bonds is 10. The van der Waals surface area contributed by atoms with Crippen LogP contribution in [0.25, 0.3) is 0 Å². The van der Waals surface area contributed by atoms with Crippen LogP contribution in [0.15, 0.2) is 0 Å². The Bertz CT molecular complexity index is 1180. The van der Waals surface area contributed by atoms with E-state index in [4.69, 9.17) is 24.1 Å². The summed E-state index contributed by atoms with van der Waals surface area (Å²) in [6.45, 7) is 15.1. The van der Waals surface area contributed by atoms with E-state index in [1.807, 2.05) is 0 Å². The van der Waals surface area contributed by atoms with Crippen LogP contribution in [0.3, 0.4) is 0 Å². The van der Waals surface area contributed by atoms with E-state index < -0.39 is 54.7 Å². The fourth-order valence-corrected chi connectivity index (χ4v) is 12.0. The lowest BCUT2D eigenvalue weighted by Crippen LogP contribution is -2.59. The molecule has 1 aliphatic heterocycles. The van der Waals surface area contributed by atoms with Crippen molar-refractivity contribution in [2.75, 3.05) is 13.2 Å². The Morgan fingerprint density at radius 3 is 2.40 bits per heavy atom. The Hall–Kier alpha value is -1.43. The molecule has 3 N–H and O–H groups in total. The van der Waals surface area contributed by atoms with Gasteiger partial charge in [-0.05, 0) is 105 Å². The molecule has 1 heterocycles. The van der Waals surface area contributed by atoms with Crippen molar-refractivity contribution in [1.82, 2.24) is 0 Å². The fourth-order valence-electron chi connectivity index (χ4n) is 12.0. The summed E-state index contributed by atoms with van der Waals surface area (Å²) in [5.41, 5.74) is -1.98. The van der Waals surface area contributed by atoms with E-state index in [0.717, 1.165) is 51.4 Å². The van der Waals surface area contributed by atoms with E-state index >= 15 is 0 Å². The van der Waals surface area contributed by atoms with Crippen molar-refractivity contribution < 1.29 is 48.7 Å². The predicted molar refractivity (Wildman–Crippen MR) is 173 cm³/mol. The molecule has 4 saturated carbocycles. The second kappa shape index (κ2) is 13.0. The summed E-state index contributed by atoms with van der Waals surface area (Å²) < 4.78 is 24.1. The van der Waals surface area contributed by atoms with Crippen LogP contribution >= 0.6 is 0 Å². The minimum atomic E-state index is -1.29. The van der Waals surface area contributed by atoms with Crippen molar-refractivity contribution in [2.24, 2.45) is 45.3 Å². The lowest BCUT2D eigenvalue weighted by Gasteiger charge is -2.64. The maximum atomic E-state index is 12.4. The number of hydrogen-bond donors (Lipinski definition) is 3. The lowest BCUT2D eigenvalue weighted by molar-refractivity contribution is -0.230. The third-order valence-corrected chi connectivity index (χ3v) is 14.2. The Balaban J connectivity index is 1.39. The number of aldehydes is 1. The summed E-state index contributed by atoms with van der Waals surface area (Å²) in [5.74, 6) is 0.0455. The highest BCUT2D eigenvalue weighted by Gasteiger charge is 2.72. The summed E-state index contributed by atoms with van der Waals surface area (Å²) in [7, 11) is 0. The Labute approximate surface area is 280 Å². The topological polar surface area (TPSA) is 149 Å². The number of Topliss-reactive ketones (excluding diaryl/α,β-unsaturated/α-hetero) is 1. The van der Waals surface area contributed by atoms with E-state index in [9.17, 15) is 24.6 Å². The number of carbonyl (C=O) groups is 3. The number of carbonyl (C=O) groups excluding carboxylic acids is 3. The van der Waals surface area contributed by atoms with Gasteiger partial charge in [0.2, 0.25) is 6.29 Å². The normalized spacial score (nSPS) is 44.1. The van der Waals surface area contributed by atoms with Crippen LogP contribution in [0.1, 0.15) is 113 Å². The standard InChI is InChI=1S/C37H60O10/c1-21-16-25(32(34(5,6)43)45-22(2)40)46-30-29(21)35(7)13-9-14-37-15-12-27(47-28(19-39)44-20-24(41)18-38)33(3,4)26(37)11-10-23(17-37)36(35,8)31(30)42/h19,21,23,25-32,38,42-43H,9-18,20H2,1-8H3. The SMILES string of the molecule is CC(=O)OC(C1CC(C)C2C(O1)C(O)C1(C)C3CCC4C(CCCC21C)(CCC(OC(C=O)OCC(=O)CO)C4(C)C)C3)C(C)(C)O. The third kappa shape index (κ3) is 6.15. The molecule has 1 saturated heterocycles. The molecule has 13 unspecified atom stereocenters.